The third kappa shape index (κ3) is 3.01. The van der Waals surface area contributed by atoms with Gasteiger partial charge in [0, 0.05) is 13.1 Å². The van der Waals surface area contributed by atoms with E-state index in [0.717, 1.165) is 37.2 Å². The Hall–Kier alpha value is -1.42. The summed E-state index contributed by atoms with van der Waals surface area (Å²) >= 11 is 0. The minimum Gasteiger partial charge on any atom is -0.477 e. The largest absolute Gasteiger partial charge is 0.477 e. The molecule has 1 aromatic rings. The van der Waals surface area contributed by atoms with Crippen molar-refractivity contribution < 1.29 is 9.90 Å². The van der Waals surface area contributed by atoms with Crippen molar-refractivity contribution in [3.05, 3.63) is 29.6 Å². The highest BCUT2D eigenvalue weighted by Crippen LogP contribution is 2.36. The minimum absolute atomic E-state index is 0.148. The smallest absolute Gasteiger partial charge is 0.354 e. The third-order valence-electron chi connectivity index (χ3n) is 4.79. The Morgan fingerprint density at radius 3 is 2.85 bits per heavy atom. The van der Waals surface area contributed by atoms with Crippen molar-refractivity contribution in [3.63, 3.8) is 0 Å². The predicted molar refractivity (Wildman–Crippen MR) is 76.5 cm³/mol. The molecule has 2 fully saturated rings. The van der Waals surface area contributed by atoms with Crippen molar-refractivity contribution in [2.45, 2.75) is 38.6 Å². The van der Waals surface area contributed by atoms with Gasteiger partial charge in [-0.3, -0.25) is 4.90 Å². The van der Waals surface area contributed by atoms with E-state index < -0.39 is 5.97 Å². The maximum absolute atomic E-state index is 11.0. The number of aromatic carboxylic acids is 1. The number of carboxylic acid groups (broad SMARTS) is 1. The normalized spacial score (nSPS) is 27.0. The van der Waals surface area contributed by atoms with Crippen molar-refractivity contribution >= 4 is 5.97 Å². The number of pyridine rings is 1. The molecule has 1 N–H and O–H groups in total. The zero-order chi connectivity index (χ0) is 13.9. The number of hydrogen-bond donors (Lipinski definition) is 1. The Bertz CT molecular complexity index is 489. The first-order valence-electron chi connectivity index (χ1n) is 7.64. The molecule has 20 heavy (non-hydrogen) atoms. The number of rotatable bonds is 3. The fraction of sp³-hybridized carbons (Fsp3) is 0.625. The van der Waals surface area contributed by atoms with Gasteiger partial charge in [0.2, 0.25) is 0 Å². The molecule has 4 nitrogen and oxygen atoms in total. The van der Waals surface area contributed by atoms with Crippen molar-refractivity contribution in [3.8, 4) is 0 Å². The summed E-state index contributed by atoms with van der Waals surface area (Å²) < 4.78 is 0. The molecule has 0 amide bonds. The van der Waals surface area contributed by atoms with E-state index in [1.54, 1.807) is 12.1 Å². The maximum Gasteiger partial charge on any atom is 0.354 e. The molecule has 3 rings (SSSR count). The number of likely N-dealkylation sites (tertiary alicyclic amines) is 1. The molecule has 2 atom stereocenters. The van der Waals surface area contributed by atoms with Gasteiger partial charge in [-0.15, -0.1) is 0 Å². The maximum atomic E-state index is 11.0. The number of carbonyl (C=O) groups is 1. The van der Waals surface area contributed by atoms with Crippen LogP contribution in [0.25, 0.3) is 0 Å². The molecule has 108 valence electrons. The number of piperidine rings is 1. The summed E-state index contributed by atoms with van der Waals surface area (Å²) in [6.45, 7) is 3.06. The van der Waals surface area contributed by atoms with Crippen molar-refractivity contribution in [1.82, 2.24) is 9.88 Å². The van der Waals surface area contributed by atoms with E-state index in [9.17, 15) is 4.79 Å². The molecule has 4 heteroatoms. The van der Waals surface area contributed by atoms with Gasteiger partial charge < -0.3 is 5.11 Å². The Balaban J connectivity index is 1.63. The van der Waals surface area contributed by atoms with Crippen LogP contribution in [0.1, 0.15) is 48.3 Å². The Morgan fingerprint density at radius 1 is 1.25 bits per heavy atom. The first-order chi connectivity index (χ1) is 9.72. The first-order valence-corrected chi connectivity index (χ1v) is 7.64. The molecular formula is C16H22N2O2. The van der Waals surface area contributed by atoms with Gasteiger partial charge in [0.15, 0.2) is 0 Å². The van der Waals surface area contributed by atoms with Crippen LogP contribution in [-0.4, -0.2) is 34.0 Å². The molecule has 1 aliphatic heterocycles. The number of aromatic nitrogens is 1. The summed E-state index contributed by atoms with van der Waals surface area (Å²) in [7, 11) is 0. The Kier molecular flexibility index (Phi) is 4.01. The SMILES string of the molecule is O=C(O)c1cccc(CN2CCC3CCCCC3C2)n1. The summed E-state index contributed by atoms with van der Waals surface area (Å²) in [5.74, 6) is 0.830. The second-order valence-electron chi connectivity index (χ2n) is 6.15. The predicted octanol–water partition coefficient (Wildman–Crippen LogP) is 2.79. The molecule has 0 radical (unpaired) electrons. The first kappa shape index (κ1) is 13.6. The van der Waals surface area contributed by atoms with Gasteiger partial charge in [0.1, 0.15) is 5.69 Å². The van der Waals surface area contributed by atoms with Crippen LogP contribution >= 0.6 is 0 Å². The summed E-state index contributed by atoms with van der Waals surface area (Å²) in [5.41, 5.74) is 1.02. The van der Waals surface area contributed by atoms with E-state index >= 15 is 0 Å². The fourth-order valence-corrected chi connectivity index (χ4v) is 3.74. The Labute approximate surface area is 119 Å². The van der Waals surface area contributed by atoms with E-state index in [4.69, 9.17) is 5.11 Å². The minimum atomic E-state index is -0.946. The van der Waals surface area contributed by atoms with Crippen LogP contribution in [0.15, 0.2) is 18.2 Å². The average molecular weight is 274 g/mol. The molecule has 0 spiro atoms. The van der Waals surface area contributed by atoms with Crippen molar-refractivity contribution in [2.75, 3.05) is 13.1 Å². The summed E-state index contributed by atoms with van der Waals surface area (Å²) in [4.78, 5) is 17.6. The van der Waals surface area contributed by atoms with E-state index in [1.807, 2.05) is 6.07 Å². The summed E-state index contributed by atoms with van der Waals surface area (Å²) in [6.07, 6.45) is 6.85. The number of hydrogen-bond acceptors (Lipinski definition) is 3. The molecule has 1 aliphatic carbocycles. The van der Waals surface area contributed by atoms with Gasteiger partial charge >= 0.3 is 5.97 Å². The summed E-state index contributed by atoms with van der Waals surface area (Å²) in [6, 6.07) is 5.28. The van der Waals surface area contributed by atoms with Crippen LogP contribution in [-0.2, 0) is 6.54 Å². The molecule has 0 bridgehead atoms. The lowest BCUT2D eigenvalue weighted by Crippen LogP contribution is -2.41. The second kappa shape index (κ2) is 5.92. The lowest BCUT2D eigenvalue weighted by molar-refractivity contribution is 0.0687. The molecule has 1 saturated carbocycles. The highest BCUT2D eigenvalue weighted by Gasteiger charge is 2.31. The number of nitrogens with zero attached hydrogens (tertiary/aromatic N) is 2. The van der Waals surface area contributed by atoms with Gasteiger partial charge in [0.05, 0.1) is 5.69 Å². The van der Waals surface area contributed by atoms with Crippen LogP contribution in [0, 0.1) is 11.8 Å². The summed E-state index contributed by atoms with van der Waals surface area (Å²) in [5, 5.41) is 8.99. The van der Waals surface area contributed by atoms with Gasteiger partial charge in [-0.05, 0) is 43.4 Å². The molecular weight excluding hydrogens is 252 g/mol. The molecule has 1 aromatic heterocycles. The topological polar surface area (TPSA) is 53.4 Å². The Morgan fingerprint density at radius 2 is 2.05 bits per heavy atom. The van der Waals surface area contributed by atoms with Crippen LogP contribution in [0.2, 0.25) is 0 Å². The lowest BCUT2D eigenvalue weighted by atomic mass is 9.75. The van der Waals surface area contributed by atoms with E-state index in [2.05, 4.69) is 9.88 Å². The van der Waals surface area contributed by atoms with Gasteiger partial charge in [-0.1, -0.05) is 25.3 Å². The van der Waals surface area contributed by atoms with E-state index in [-0.39, 0.29) is 5.69 Å². The lowest BCUT2D eigenvalue weighted by Gasteiger charge is -2.41. The molecule has 2 heterocycles. The fourth-order valence-electron chi connectivity index (χ4n) is 3.74. The molecule has 2 unspecified atom stereocenters. The van der Waals surface area contributed by atoms with E-state index in [1.165, 1.54) is 32.1 Å². The van der Waals surface area contributed by atoms with Gasteiger partial charge in [-0.25, -0.2) is 9.78 Å². The van der Waals surface area contributed by atoms with Crippen molar-refractivity contribution in [2.24, 2.45) is 11.8 Å². The highest BCUT2D eigenvalue weighted by atomic mass is 16.4. The monoisotopic (exact) mass is 274 g/mol. The van der Waals surface area contributed by atoms with Gasteiger partial charge in [0.25, 0.3) is 0 Å². The van der Waals surface area contributed by atoms with Crippen LogP contribution in [0.3, 0.4) is 0 Å². The van der Waals surface area contributed by atoms with Crippen LogP contribution in [0.5, 0.6) is 0 Å². The highest BCUT2D eigenvalue weighted by molar-refractivity contribution is 5.85. The molecule has 2 aliphatic rings. The van der Waals surface area contributed by atoms with Crippen molar-refractivity contribution in [1.29, 1.82) is 0 Å². The quantitative estimate of drug-likeness (QED) is 0.921. The zero-order valence-corrected chi connectivity index (χ0v) is 11.8. The molecule has 1 saturated heterocycles. The van der Waals surface area contributed by atoms with Crippen LogP contribution in [0.4, 0.5) is 0 Å². The number of carboxylic acids is 1. The number of fused-ring (bicyclic) bond motifs is 1. The average Bonchev–Trinajstić information content (AvgIpc) is 2.47. The van der Waals surface area contributed by atoms with Gasteiger partial charge in [-0.2, -0.15) is 0 Å². The van der Waals surface area contributed by atoms with Crippen LogP contribution < -0.4 is 0 Å². The second-order valence-corrected chi connectivity index (χ2v) is 6.15. The van der Waals surface area contributed by atoms with E-state index in [0.29, 0.717) is 0 Å². The standard InChI is InChI=1S/C16H22N2O2/c19-16(20)15-7-3-6-14(17-15)11-18-9-8-12-4-1-2-5-13(12)10-18/h3,6-7,12-13H,1-2,4-5,8-11H2,(H,19,20). The zero-order valence-electron chi connectivity index (χ0n) is 11.8. The third-order valence-corrected chi connectivity index (χ3v) is 4.79. The molecule has 0 aromatic carbocycles.